The van der Waals surface area contributed by atoms with Crippen LogP contribution >= 0.6 is 0 Å². The Morgan fingerprint density at radius 2 is 2.00 bits per heavy atom. The van der Waals surface area contributed by atoms with Gasteiger partial charge in [-0.1, -0.05) is 13.0 Å². The Kier molecular flexibility index (Phi) is 4.66. The Labute approximate surface area is 76.2 Å². The third kappa shape index (κ3) is 3.19. The molecule has 0 heterocycles. The van der Waals surface area contributed by atoms with Gasteiger partial charge in [0.25, 0.3) is 0 Å². The molecule has 13 heavy (non-hydrogen) atoms. The summed E-state index contributed by atoms with van der Waals surface area (Å²) < 4.78 is 0. The number of hydrogen-bond donors (Lipinski definition) is 1. The average molecular weight is 184 g/mol. The highest BCUT2D eigenvalue weighted by Gasteiger charge is 2.27. The number of ketones is 2. The normalized spacial score (nSPS) is 11.8. The minimum atomic E-state index is -1.69. The molecule has 1 N–H and O–H groups in total. The molecule has 0 radical (unpaired) electrons. The molecule has 0 aromatic carbocycles. The molecule has 72 valence electrons. The number of carbonyl (C=O) groups excluding carboxylic acids is 2. The second-order valence-corrected chi connectivity index (χ2v) is 2.63. The topological polar surface area (TPSA) is 71.4 Å². The van der Waals surface area contributed by atoms with Gasteiger partial charge in [-0.2, -0.15) is 0 Å². The quantitative estimate of drug-likeness (QED) is 0.376. The predicted molar refractivity (Wildman–Crippen MR) is 46.2 cm³/mol. The molecule has 0 aliphatic rings. The molecular formula is C9H12O4. The molecule has 0 rings (SSSR count). The summed E-state index contributed by atoms with van der Waals surface area (Å²) in [5.74, 6) is -4.41. The Morgan fingerprint density at radius 3 is 2.31 bits per heavy atom. The van der Waals surface area contributed by atoms with E-state index in [1.165, 1.54) is 6.08 Å². The standard InChI is InChI=1S/C9H12O4/c1-3-5-6(4-2)7(10)8(11)9(12)13/h3,6H,1,4-5H2,2H3,(H,12,13). The maximum absolute atomic E-state index is 11.1. The summed E-state index contributed by atoms with van der Waals surface area (Å²) in [5.41, 5.74) is 0. The van der Waals surface area contributed by atoms with Gasteiger partial charge in [0.2, 0.25) is 5.78 Å². The van der Waals surface area contributed by atoms with Gasteiger partial charge in [-0.05, 0) is 12.8 Å². The first-order valence-electron chi connectivity index (χ1n) is 3.96. The summed E-state index contributed by atoms with van der Waals surface area (Å²) in [4.78, 5) is 32.0. The largest absolute Gasteiger partial charge is 0.475 e. The van der Waals surface area contributed by atoms with E-state index in [1.807, 2.05) is 0 Å². The highest BCUT2D eigenvalue weighted by Crippen LogP contribution is 2.10. The fraction of sp³-hybridized carbons (Fsp3) is 0.444. The summed E-state index contributed by atoms with van der Waals surface area (Å²) in [5, 5.41) is 8.27. The first kappa shape index (κ1) is 11.6. The highest BCUT2D eigenvalue weighted by atomic mass is 16.4. The van der Waals surface area contributed by atoms with Crippen LogP contribution in [0.2, 0.25) is 0 Å². The van der Waals surface area contributed by atoms with Crippen molar-refractivity contribution in [3.8, 4) is 0 Å². The van der Waals surface area contributed by atoms with Gasteiger partial charge in [-0.25, -0.2) is 4.79 Å². The second-order valence-electron chi connectivity index (χ2n) is 2.63. The first-order chi connectivity index (χ1) is 6.04. The molecule has 0 aromatic heterocycles. The van der Waals surface area contributed by atoms with Crippen molar-refractivity contribution >= 4 is 17.5 Å². The van der Waals surface area contributed by atoms with Crippen LogP contribution in [0.25, 0.3) is 0 Å². The molecule has 0 spiro atoms. The van der Waals surface area contributed by atoms with Crippen LogP contribution in [0.5, 0.6) is 0 Å². The summed E-state index contributed by atoms with van der Waals surface area (Å²) in [6.45, 7) is 5.15. The van der Waals surface area contributed by atoms with E-state index in [4.69, 9.17) is 5.11 Å². The lowest BCUT2D eigenvalue weighted by Crippen LogP contribution is -2.29. The van der Waals surface area contributed by atoms with Crippen LogP contribution < -0.4 is 0 Å². The number of aliphatic carboxylic acids is 1. The summed E-state index contributed by atoms with van der Waals surface area (Å²) in [6.07, 6.45) is 2.29. The van der Waals surface area contributed by atoms with Gasteiger partial charge in [-0.3, -0.25) is 9.59 Å². The first-order valence-corrected chi connectivity index (χ1v) is 3.96. The zero-order valence-corrected chi connectivity index (χ0v) is 7.45. The number of rotatable bonds is 6. The van der Waals surface area contributed by atoms with Crippen molar-refractivity contribution in [2.24, 2.45) is 5.92 Å². The van der Waals surface area contributed by atoms with Crippen molar-refractivity contribution in [3.05, 3.63) is 12.7 Å². The van der Waals surface area contributed by atoms with E-state index in [9.17, 15) is 14.4 Å². The number of Topliss-reactive ketones (excluding diaryl/α,β-unsaturated/α-hetero) is 2. The van der Waals surface area contributed by atoms with Crippen LogP contribution in [0, 0.1) is 5.92 Å². The van der Waals surface area contributed by atoms with E-state index >= 15 is 0 Å². The van der Waals surface area contributed by atoms with E-state index in [1.54, 1.807) is 6.92 Å². The summed E-state index contributed by atoms with van der Waals surface area (Å²) in [7, 11) is 0. The Balaban J connectivity index is 4.45. The van der Waals surface area contributed by atoms with Gasteiger partial charge in [0.15, 0.2) is 0 Å². The molecule has 0 aliphatic carbocycles. The van der Waals surface area contributed by atoms with E-state index in [0.717, 1.165) is 0 Å². The minimum absolute atomic E-state index is 0.342. The third-order valence-corrected chi connectivity index (χ3v) is 1.73. The number of allylic oxidation sites excluding steroid dienone is 1. The fourth-order valence-corrected chi connectivity index (χ4v) is 0.951. The molecule has 0 aliphatic heterocycles. The maximum atomic E-state index is 11.1. The van der Waals surface area contributed by atoms with Crippen molar-refractivity contribution in [3.63, 3.8) is 0 Å². The Bertz CT molecular complexity index is 242. The van der Waals surface area contributed by atoms with Crippen LogP contribution in [0.3, 0.4) is 0 Å². The van der Waals surface area contributed by atoms with Gasteiger partial charge in [-0.15, -0.1) is 6.58 Å². The predicted octanol–water partition coefficient (Wildman–Crippen LogP) is 0.811. The van der Waals surface area contributed by atoms with E-state index in [0.29, 0.717) is 12.8 Å². The maximum Gasteiger partial charge on any atom is 0.380 e. The zero-order chi connectivity index (χ0) is 10.4. The van der Waals surface area contributed by atoms with Gasteiger partial charge in [0.1, 0.15) is 0 Å². The number of carbonyl (C=O) groups is 3. The lowest BCUT2D eigenvalue weighted by Gasteiger charge is -2.07. The van der Waals surface area contributed by atoms with E-state index < -0.39 is 23.5 Å². The van der Waals surface area contributed by atoms with Crippen molar-refractivity contribution in [2.45, 2.75) is 19.8 Å². The van der Waals surface area contributed by atoms with E-state index in [2.05, 4.69) is 6.58 Å². The minimum Gasteiger partial charge on any atom is -0.475 e. The number of carboxylic acids is 1. The lowest BCUT2D eigenvalue weighted by atomic mass is 9.95. The second kappa shape index (κ2) is 5.24. The molecular weight excluding hydrogens is 172 g/mol. The Morgan fingerprint density at radius 1 is 1.46 bits per heavy atom. The van der Waals surface area contributed by atoms with Crippen LogP contribution in [0.15, 0.2) is 12.7 Å². The SMILES string of the molecule is C=CCC(CC)C(=O)C(=O)C(=O)O. The third-order valence-electron chi connectivity index (χ3n) is 1.73. The van der Waals surface area contributed by atoms with Crippen molar-refractivity contribution in [1.82, 2.24) is 0 Å². The molecule has 0 saturated carbocycles. The number of carboxylic acid groups (broad SMARTS) is 1. The van der Waals surface area contributed by atoms with Crippen molar-refractivity contribution in [2.75, 3.05) is 0 Å². The monoisotopic (exact) mass is 184 g/mol. The molecule has 4 nitrogen and oxygen atoms in total. The molecule has 0 aromatic rings. The van der Waals surface area contributed by atoms with Crippen LogP contribution in [0.4, 0.5) is 0 Å². The average Bonchev–Trinajstić information content (AvgIpc) is 2.11. The molecule has 0 saturated heterocycles. The summed E-state index contributed by atoms with van der Waals surface area (Å²) >= 11 is 0. The van der Waals surface area contributed by atoms with Gasteiger partial charge in [0, 0.05) is 5.92 Å². The fourth-order valence-electron chi connectivity index (χ4n) is 0.951. The van der Waals surface area contributed by atoms with Crippen LogP contribution in [-0.2, 0) is 14.4 Å². The lowest BCUT2D eigenvalue weighted by molar-refractivity contribution is -0.153. The highest BCUT2D eigenvalue weighted by molar-refractivity contribution is 6.62. The molecule has 4 heteroatoms. The molecule has 0 amide bonds. The van der Waals surface area contributed by atoms with Gasteiger partial charge < -0.3 is 5.11 Å². The molecule has 0 fully saturated rings. The van der Waals surface area contributed by atoms with Gasteiger partial charge in [0.05, 0.1) is 0 Å². The Hall–Kier alpha value is -1.45. The zero-order valence-electron chi connectivity index (χ0n) is 7.45. The number of hydrogen-bond acceptors (Lipinski definition) is 3. The smallest absolute Gasteiger partial charge is 0.380 e. The van der Waals surface area contributed by atoms with Crippen LogP contribution in [-0.4, -0.2) is 22.6 Å². The van der Waals surface area contributed by atoms with Gasteiger partial charge >= 0.3 is 11.8 Å². The van der Waals surface area contributed by atoms with E-state index in [-0.39, 0.29) is 0 Å². The summed E-state index contributed by atoms with van der Waals surface area (Å²) in [6, 6.07) is 0. The molecule has 0 bridgehead atoms. The molecule has 1 unspecified atom stereocenters. The van der Waals surface area contributed by atoms with Crippen LogP contribution in [0.1, 0.15) is 19.8 Å². The van der Waals surface area contributed by atoms with Crippen molar-refractivity contribution < 1.29 is 19.5 Å². The molecule has 1 atom stereocenters. The van der Waals surface area contributed by atoms with Crippen molar-refractivity contribution in [1.29, 1.82) is 0 Å².